The lowest BCUT2D eigenvalue weighted by atomic mass is 10.2. The molecule has 0 aromatic heterocycles. The maximum Gasteiger partial charge on any atom is 0.573 e. The minimum Gasteiger partial charge on any atom is -0.454 e. The monoisotopic (exact) mass is 494 g/mol. The second-order valence-electron chi connectivity index (χ2n) is 8.14. The van der Waals surface area contributed by atoms with E-state index in [4.69, 9.17) is 9.47 Å². The lowest BCUT2D eigenvalue weighted by Gasteiger charge is -2.33. The van der Waals surface area contributed by atoms with Crippen molar-refractivity contribution in [2.45, 2.75) is 12.9 Å². The van der Waals surface area contributed by atoms with Gasteiger partial charge in [-0.1, -0.05) is 6.07 Å². The van der Waals surface area contributed by atoms with Gasteiger partial charge < -0.3 is 24.8 Å². The molecular formula is C23H25F3N4O5. The zero-order valence-electron chi connectivity index (χ0n) is 18.8. The molecule has 2 aromatic carbocycles. The van der Waals surface area contributed by atoms with Crippen LogP contribution >= 0.6 is 0 Å². The highest BCUT2D eigenvalue weighted by molar-refractivity contribution is 5.92. The average Bonchev–Trinajstić information content (AvgIpc) is 3.27. The van der Waals surface area contributed by atoms with Crippen LogP contribution in [0.15, 0.2) is 42.5 Å². The highest BCUT2D eigenvalue weighted by atomic mass is 19.4. The first-order chi connectivity index (χ1) is 16.7. The number of nitrogens with one attached hydrogen (secondary N) is 2. The molecule has 12 heteroatoms. The maximum absolute atomic E-state index is 12.3. The molecule has 0 saturated carbocycles. The minimum atomic E-state index is -4.76. The standard InChI is InChI=1S/C23H25F3N4O5/c24-23(25,26)35-18-4-2-17(3-5-18)28-22(32)14-30-9-7-29(8-10-30)13-21(31)27-12-16-1-6-19-20(11-16)34-15-33-19/h1-6,11H,7-10,12-15H2,(H,27,31)(H,28,32). The molecule has 2 aromatic rings. The summed E-state index contributed by atoms with van der Waals surface area (Å²) in [6.45, 7) is 3.48. The lowest BCUT2D eigenvalue weighted by molar-refractivity contribution is -0.274. The summed E-state index contributed by atoms with van der Waals surface area (Å²) in [5.74, 6) is 0.646. The number of ether oxygens (including phenoxy) is 3. The number of fused-ring (bicyclic) bond motifs is 1. The third-order valence-electron chi connectivity index (χ3n) is 5.50. The van der Waals surface area contributed by atoms with E-state index in [0.717, 1.165) is 17.7 Å². The fourth-order valence-corrected chi connectivity index (χ4v) is 3.76. The van der Waals surface area contributed by atoms with Gasteiger partial charge in [0.15, 0.2) is 11.5 Å². The van der Waals surface area contributed by atoms with Gasteiger partial charge in [-0.05, 0) is 42.0 Å². The minimum absolute atomic E-state index is 0.0909. The van der Waals surface area contributed by atoms with E-state index in [1.54, 1.807) is 0 Å². The summed E-state index contributed by atoms with van der Waals surface area (Å²) >= 11 is 0. The molecule has 188 valence electrons. The number of hydrogen-bond donors (Lipinski definition) is 2. The van der Waals surface area contributed by atoms with Crippen LogP contribution in [0.2, 0.25) is 0 Å². The third kappa shape index (κ3) is 7.49. The first-order valence-corrected chi connectivity index (χ1v) is 11.0. The summed E-state index contributed by atoms with van der Waals surface area (Å²) in [4.78, 5) is 28.6. The number of amides is 2. The van der Waals surface area contributed by atoms with Gasteiger partial charge in [0.05, 0.1) is 13.1 Å². The molecule has 9 nitrogen and oxygen atoms in total. The third-order valence-corrected chi connectivity index (χ3v) is 5.50. The van der Waals surface area contributed by atoms with Crippen LogP contribution < -0.4 is 24.8 Å². The molecular weight excluding hydrogens is 469 g/mol. The Balaban J connectivity index is 1.13. The summed E-state index contributed by atoms with van der Waals surface area (Å²) < 4.78 is 51.1. The molecule has 0 bridgehead atoms. The fourth-order valence-electron chi connectivity index (χ4n) is 3.76. The average molecular weight is 494 g/mol. The fraction of sp³-hybridized carbons (Fsp3) is 0.391. The number of nitrogens with zero attached hydrogens (tertiary/aromatic N) is 2. The number of hydrogen-bond acceptors (Lipinski definition) is 7. The van der Waals surface area contributed by atoms with Crippen LogP contribution in [0.4, 0.5) is 18.9 Å². The molecule has 0 spiro atoms. The van der Waals surface area contributed by atoms with E-state index in [1.165, 1.54) is 12.1 Å². The van der Waals surface area contributed by atoms with Crippen molar-refractivity contribution in [1.29, 1.82) is 0 Å². The van der Waals surface area contributed by atoms with E-state index in [1.807, 2.05) is 28.0 Å². The van der Waals surface area contributed by atoms with Gasteiger partial charge in [-0.25, -0.2) is 0 Å². The highest BCUT2D eigenvalue weighted by Gasteiger charge is 2.31. The quantitative estimate of drug-likeness (QED) is 0.581. The van der Waals surface area contributed by atoms with Crippen LogP contribution in [-0.4, -0.2) is 74.0 Å². The second-order valence-corrected chi connectivity index (χ2v) is 8.14. The summed E-state index contributed by atoms with van der Waals surface area (Å²) in [5.41, 5.74) is 1.29. The van der Waals surface area contributed by atoms with Crippen LogP contribution in [0.1, 0.15) is 5.56 Å². The number of anilines is 1. The van der Waals surface area contributed by atoms with Crippen molar-refractivity contribution < 1.29 is 37.0 Å². The number of carbonyl (C=O) groups excluding carboxylic acids is 2. The highest BCUT2D eigenvalue weighted by Crippen LogP contribution is 2.32. The predicted octanol–water partition coefficient (Wildman–Crippen LogP) is 2.19. The first-order valence-electron chi connectivity index (χ1n) is 11.0. The van der Waals surface area contributed by atoms with Gasteiger partial charge in [-0.15, -0.1) is 13.2 Å². The van der Waals surface area contributed by atoms with Crippen LogP contribution in [0.25, 0.3) is 0 Å². The van der Waals surface area contributed by atoms with Gasteiger partial charge in [0.2, 0.25) is 18.6 Å². The molecule has 2 aliphatic rings. The Morgan fingerprint density at radius 2 is 1.51 bits per heavy atom. The Bertz CT molecular complexity index is 1040. The van der Waals surface area contributed by atoms with Gasteiger partial charge >= 0.3 is 6.36 Å². The molecule has 1 fully saturated rings. The van der Waals surface area contributed by atoms with Crippen molar-refractivity contribution in [3.8, 4) is 17.2 Å². The zero-order valence-corrected chi connectivity index (χ0v) is 18.8. The molecule has 0 radical (unpaired) electrons. The summed E-state index contributed by atoms with van der Waals surface area (Å²) in [6, 6.07) is 10.5. The molecule has 35 heavy (non-hydrogen) atoms. The Kier molecular flexibility index (Phi) is 7.61. The SMILES string of the molecule is O=C(CN1CCN(CC(=O)Nc2ccc(OC(F)(F)F)cc2)CC1)NCc1ccc2c(c1)OCO2. The Morgan fingerprint density at radius 3 is 2.17 bits per heavy atom. The number of halogens is 3. The Labute approximate surface area is 199 Å². The normalized spacial score (nSPS) is 16.1. The Hall–Kier alpha value is -3.51. The van der Waals surface area contributed by atoms with Crippen LogP contribution in [-0.2, 0) is 16.1 Å². The smallest absolute Gasteiger partial charge is 0.454 e. The summed E-state index contributed by atoms with van der Waals surface area (Å²) in [6.07, 6.45) is -4.76. The Morgan fingerprint density at radius 1 is 0.886 bits per heavy atom. The van der Waals surface area contributed by atoms with Crippen molar-refractivity contribution in [2.24, 2.45) is 0 Å². The summed E-state index contributed by atoms with van der Waals surface area (Å²) in [7, 11) is 0. The topological polar surface area (TPSA) is 92.4 Å². The molecule has 2 aliphatic heterocycles. The molecule has 0 unspecified atom stereocenters. The predicted molar refractivity (Wildman–Crippen MR) is 119 cm³/mol. The van der Waals surface area contributed by atoms with E-state index in [0.29, 0.717) is 49.9 Å². The molecule has 2 heterocycles. The van der Waals surface area contributed by atoms with Crippen molar-refractivity contribution in [2.75, 3.05) is 51.4 Å². The molecule has 0 aliphatic carbocycles. The number of carbonyl (C=O) groups is 2. The van der Waals surface area contributed by atoms with E-state index >= 15 is 0 Å². The summed E-state index contributed by atoms with van der Waals surface area (Å²) in [5, 5.41) is 5.56. The largest absolute Gasteiger partial charge is 0.573 e. The number of benzene rings is 2. The van der Waals surface area contributed by atoms with Gasteiger partial charge in [-0.3, -0.25) is 19.4 Å². The molecule has 2 amide bonds. The van der Waals surface area contributed by atoms with Crippen molar-refractivity contribution in [3.63, 3.8) is 0 Å². The van der Waals surface area contributed by atoms with Crippen molar-refractivity contribution in [3.05, 3.63) is 48.0 Å². The van der Waals surface area contributed by atoms with Gasteiger partial charge in [-0.2, -0.15) is 0 Å². The van der Waals surface area contributed by atoms with E-state index in [-0.39, 0.29) is 37.4 Å². The second kappa shape index (κ2) is 10.8. The maximum atomic E-state index is 12.3. The number of alkyl halides is 3. The number of rotatable bonds is 8. The van der Waals surface area contributed by atoms with Crippen LogP contribution in [0, 0.1) is 0 Å². The van der Waals surface area contributed by atoms with Gasteiger partial charge in [0.25, 0.3) is 0 Å². The van der Waals surface area contributed by atoms with Crippen molar-refractivity contribution >= 4 is 17.5 Å². The number of piperazine rings is 1. The van der Waals surface area contributed by atoms with E-state index in [9.17, 15) is 22.8 Å². The van der Waals surface area contributed by atoms with Crippen molar-refractivity contribution in [1.82, 2.24) is 15.1 Å². The molecule has 4 rings (SSSR count). The molecule has 1 saturated heterocycles. The van der Waals surface area contributed by atoms with Gasteiger partial charge in [0, 0.05) is 38.4 Å². The van der Waals surface area contributed by atoms with Crippen LogP contribution in [0.5, 0.6) is 17.2 Å². The first kappa shape index (κ1) is 24.6. The zero-order chi connectivity index (χ0) is 24.8. The van der Waals surface area contributed by atoms with E-state index < -0.39 is 6.36 Å². The van der Waals surface area contributed by atoms with E-state index in [2.05, 4.69) is 15.4 Å². The van der Waals surface area contributed by atoms with Crippen LogP contribution in [0.3, 0.4) is 0 Å². The lowest BCUT2D eigenvalue weighted by Crippen LogP contribution is -2.50. The van der Waals surface area contributed by atoms with Gasteiger partial charge in [0.1, 0.15) is 5.75 Å². The molecule has 2 N–H and O–H groups in total. The molecule has 0 atom stereocenters.